The highest BCUT2D eigenvalue weighted by molar-refractivity contribution is 5.84. The number of hydrogen-bond donors (Lipinski definition) is 1. The normalized spacial score (nSPS) is 9.75. The van der Waals surface area contributed by atoms with E-state index in [-0.39, 0.29) is 6.02 Å². The van der Waals surface area contributed by atoms with Gasteiger partial charge < -0.3 is 9.74 Å². The molecule has 0 bridgehead atoms. The van der Waals surface area contributed by atoms with Crippen molar-refractivity contribution in [3.8, 4) is 0 Å². The first-order valence-electron chi connectivity index (χ1n) is 6.10. The van der Waals surface area contributed by atoms with Gasteiger partial charge in [-0.3, -0.25) is 0 Å². The molecule has 0 rings (SSSR count). The first-order valence-corrected chi connectivity index (χ1v) is 6.10. The van der Waals surface area contributed by atoms with Crippen LogP contribution in [0.15, 0.2) is 5.16 Å². The van der Waals surface area contributed by atoms with Crippen molar-refractivity contribution in [2.75, 3.05) is 14.1 Å². The topological polar surface area (TPSA) is 48.7 Å². The van der Waals surface area contributed by atoms with Crippen molar-refractivity contribution in [1.29, 1.82) is 5.41 Å². The molecule has 4 nitrogen and oxygen atoms in total. The third-order valence-corrected chi connectivity index (χ3v) is 2.31. The number of rotatable bonds is 7. The molecule has 0 aromatic carbocycles. The van der Waals surface area contributed by atoms with Gasteiger partial charge in [0.2, 0.25) is 0 Å². The van der Waals surface area contributed by atoms with Crippen LogP contribution in [0.25, 0.3) is 0 Å². The van der Waals surface area contributed by atoms with Crippen LogP contribution in [0.3, 0.4) is 0 Å². The van der Waals surface area contributed by atoms with E-state index in [0.717, 1.165) is 44.2 Å². The lowest BCUT2D eigenvalue weighted by Crippen LogP contribution is -2.22. The molecule has 0 radical (unpaired) electrons. The third-order valence-electron chi connectivity index (χ3n) is 2.31. The van der Waals surface area contributed by atoms with Crippen LogP contribution < -0.4 is 0 Å². The summed E-state index contributed by atoms with van der Waals surface area (Å²) in [6, 6.07) is 0.0884. The van der Waals surface area contributed by atoms with Crippen LogP contribution in [-0.4, -0.2) is 30.7 Å². The van der Waals surface area contributed by atoms with E-state index in [9.17, 15) is 0 Å². The Balaban J connectivity index is 4.14. The van der Waals surface area contributed by atoms with E-state index < -0.39 is 0 Å². The van der Waals surface area contributed by atoms with Crippen LogP contribution in [0.1, 0.15) is 52.4 Å². The Labute approximate surface area is 99.2 Å². The molecule has 0 unspecified atom stereocenters. The summed E-state index contributed by atoms with van der Waals surface area (Å²) in [6.07, 6.45) is 6.57. The SMILES string of the molecule is CCCCC(CCCC)=NOC(=N)N(C)C. The number of nitrogens with one attached hydrogen (secondary N) is 1. The lowest BCUT2D eigenvalue weighted by atomic mass is 10.1. The lowest BCUT2D eigenvalue weighted by molar-refractivity contribution is 0.268. The summed E-state index contributed by atoms with van der Waals surface area (Å²) in [5.41, 5.74) is 1.08. The maximum absolute atomic E-state index is 7.49. The van der Waals surface area contributed by atoms with Crippen molar-refractivity contribution in [2.45, 2.75) is 52.4 Å². The third kappa shape index (κ3) is 7.26. The molecule has 4 heteroatoms. The Morgan fingerprint density at radius 1 is 1.12 bits per heavy atom. The minimum Gasteiger partial charge on any atom is -0.331 e. The average molecular weight is 227 g/mol. The Morgan fingerprint density at radius 2 is 1.62 bits per heavy atom. The van der Waals surface area contributed by atoms with E-state index in [1.54, 1.807) is 19.0 Å². The van der Waals surface area contributed by atoms with E-state index >= 15 is 0 Å². The molecule has 0 aliphatic heterocycles. The van der Waals surface area contributed by atoms with Gasteiger partial charge in [-0.1, -0.05) is 31.8 Å². The van der Waals surface area contributed by atoms with Crippen molar-refractivity contribution in [2.24, 2.45) is 5.16 Å². The van der Waals surface area contributed by atoms with E-state index in [2.05, 4.69) is 19.0 Å². The molecule has 1 N–H and O–H groups in total. The standard InChI is InChI=1S/C12H25N3O/c1-5-7-9-11(10-8-6-2)14-16-12(13)15(3)4/h13H,5-10H2,1-4H3. The molecule has 94 valence electrons. The fourth-order valence-corrected chi connectivity index (χ4v) is 1.17. The summed E-state index contributed by atoms with van der Waals surface area (Å²) >= 11 is 0. The van der Waals surface area contributed by atoms with Crippen molar-refractivity contribution < 1.29 is 4.84 Å². The number of nitrogens with zero attached hydrogens (tertiary/aromatic N) is 2. The fraction of sp³-hybridized carbons (Fsp3) is 0.833. The molecule has 0 heterocycles. The van der Waals surface area contributed by atoms with Gasteiger partial charge in [0.15, 0.2) is 0 Å². The van der Waals surface area contributed by atoms with Crippen LogP contribution in [0.2, 0.25) is 0 Å². The first kappa shape index (κ1) is 14.9. The van der Waals surface area contributed by atoms with Gasteiger partial charge in [0.1, 0.15) is 0 Å². The Morgan fingerprint density at radius 3 is 2.00 bits per heavy atom. The number of unbranched alkanes of at least 4 members (excludes halogenated alkanes) is 2. The summed E-state index contributed by atoms with van der Waals surface area (Å²) in [4.78, 5) is 6.65. The molecule has 0 aromatic heterocycles. The van der Waals surface area contributed by atoms with Crippen LogP contribution in [0.5, 0.6) is 0 Å². The van der Waals surface area contributed by atoms with Gasteiger partial charge in [0.05, 0.1) is 5.71 Å². The molecular weight excluding hydrogens is 202 g/mol. The molecule has 0 fully saturated rings. The van der Waals surface area contributed by atoms with Gasteiger partial charge in [0.25, 0.3) is 0 Å². The molecule has 0 aromatic rings. The highest BCUT2D eigenvalue weighted by Gasteiger charge is 2.03. The molecule has 0 aliphatic rings. The molecule has 0 amide bonds. The van der Waals surface area contributed by atoms with Gasteiger partial charge in [-0.05, 0) is 25.7 Å². The summed E-state index contributed by atoms with van der Waals surface area (Å²) in [7, 11) is 3.55. The second-order valence-electron chi connectivity index (χ2n) is 4.16. The number of hydrogen-bond acceptors (Lipinski definition) is 3. The minimum atomic E-state index is 0.0884. The molecule has 0 aliphatic carbocycles. The summed E-state index contributed by atoms with van der Waals surface area (Å²) < 4.78 is 0. The zero-order chi connectivity index (χ0) is 12.4. The molecule has 0 atom stereocenters. The highest BCUT2D eigenvalue weighted by Crippen LogP contribution is 2.06. The first-order chi connectivity index (χ1) is 7.61. The van der Waals surface area contributed by atoms with Gasteiger partial charge in [-0.2, -0.15) is 0 Å². The molecule has 0 spiro atoms. The second-order valence-corrected chi connectivity index (χ2v) is 4.16. The van der Waals surface area contributed by atoms with Crippen molar-refractivity contribution in [3.63, 3.8) is 0 Å². The van der Waals surface area contributed by atoms with Crippen LogP contribution in [-0.2, 0) is 4.84 Å². The minimum absolute atomic E-state index is 0.0884. The predicted molar refractivity (Wildman–Crippen MR) is 69.0 cm³/mol. The zero-order valence-corrected chi connectivity index (χ0v) is 11.0. The van der Waals surface area contributed by atoms with Gasteiger partial charge in [-0.15, -0.1) is 0 Å². The smallest absolute Gasteiger partial charge is 0.314 e. The summed E-state index contributed by atoms with van der Waals surface area (Å²) in [5.74, 6) is 0. The number of amidine groups is 1. The monoisotopic (exact) mass is 227 g/mol. The average Bonchev–Trinajstić information content (AvgIpc) is 2.27. The van der Waals surface area contributed by atoms with Crippen molar-refractivity contribution >= 4 is 11.7 Å². The predicted octanol–water partition coefficient (Wildman–Crippen LogP) is 3.24. The van der Waals surface area contributed by atoms with E-state index in [1.165, 1.54) is 0 Å². The zero-order valence-electron chi connectivity index (χ0n) is 11.0. The second kappa shape index (κ2) is 9.19. The van der Waals surface area contributed by atoms with Gasteiger partial charge in [0, 0.05) is 14.1 Å². The molecule has 0 saturated carbocycles. The van der Waals surface area contributed by atoms with E-state index in [0.29, 0.717) is 0 Å². The summed E-state index contributed by atoms with van der Waals surface area (Å²) in [5, 5.41) is 11.6. The van der Waals surface area contributed by atoms with Crippen molar-refractivity contribution in [1.82, 2.24) is 4.90 Å². The molecule has 0 saturated heterocycles. The fourth-order valence-electron chi connectivity index (χ4n) is 1.17. The maximum atomic E-state index is 7.49. The van der Waals surface area contributed by atoms with Crippen LogP contribution in [0.4, 0.5) is 0 Å². The highest BCUT2D eigenvalue weighted by atomic mass is 16.6. The largest absolute Gasteiger partial charge is 0.331 e. The van der Waals surface area contributed by atoms with Gasteiger partial charge in [-0.25, -0.2) is 5.41 Å². The van der Waals surface area contributed by atoms with E-state index in [1.807, 2.05) is 0 Å². The lowest BCUT2D eigenvalue weighted by Gasteiger charge is -2.11. The van der Waals surface area contributed by atoms with E-state index in [4.69, 9.17) is 10.2 Å². The Hall–Kier alpha value is -1.06. The van der Waals surface area contributed by atoms with Gasteiger partial charge >= 0.3 is 6.02 Å². The summed E-state index contributed by atoms with van der Waals surface area (Å²) in [6.45, 7) is 4.33. The Kier molecular flexibility index (Phi) is 8.58. The quantitative estimate of drug-likeness (QED) is 0.412. The van der Waals surface area contributed by atoms with Crippen molar-refractivity contribution in [3.05, 3.63) is 0 Å². The number of oxime groups is 1. The van der Waals surface area contributed by atoms with Crippen LogP contribution in [0, 0.1) is 5.41 Å². The van der Waals surface area contributed by atoms with Crippen LogP contribution >= 0.6 is 0 Å². The molecular formula is C12H25N3O. The maximum Gasteiger partial charge on any atom is 0.314 e. The Bertz CT molecular complexity index is 214. The molecule has 16 heavy (non-hydrogen) atoms.